The Bertz CT molecular complexity index is 95.7. The van der Waals surface area contributed by atoms with Crippen LogP contribution < -0.4 is 11.5 Å². The fourth-order valence-corrected chi connectivity index (χ4v) is 0.998. The molecule has 0 radical (unpaired) electrons. The molecular weight excluding hydrogens is 76.1 g/mol. The lowest BCUT2D eigenvalue weighted by atomic mass is 10.3. The first-order valence-corrected chi connectivity index (χ1v) is 2.29. The number of rotatable bonds is 0. The van der Waals surface area contributed by atoms with Crippen LogP contribution in [0.5, 0.6) is 0 Å². The van der Waals surface area contributed by atoms with Gasteiger partial charge < -0.3 is 11.5 Å². The van der Waals surface area contributed by atoms with Crippen molar-refractivity contribution in [1.82, 2.24) is 0 Å². The number of hydrogen-bond acceptors (Lipinski definition) is 2. The molecule has 0 heterocycles. The third kappa shape index (κ3) is 0.117. The standard InChI is InChI=1S/C4H8N2/c5-3-2-1-4(2,3)6/h2-3H,1,5-6H2. The summed E-state index contributed by atoms with van der Waals surface area (Å²) >= 11 is 0. The van der Waals surface area contributed by atoms with Crippen molar-refractivity contribution in [2.75, 3.05) is 0 Å². The fourth-order valence-electron chi connectivity index (χ4n) is 0.998. The highest BCUT2D eigenvalue weighted by atomic mass is 15.1. The van der Waals surface area contributed by atoms with Crippen LogP contribution >= 0.6 is 0 Å². The largest absolute Gasteiger partial charge is 0.326 e. The highest BCUT2D eigenvalue weighted by Crippen LogP contribution is 2.63. The average molecular weight is 84.1 g/mol. The van der Waals surface area contributed by atoms with Gasteiger partial charge in [-0.1, -0.05) is 0 Å². The van der Waals surface area contributed by atoms with E-state index in [0.717, 1.165) is 5.92 Å². The van der Waals surface area contributed by atoms with E-state index in [1.807, 2.05) is 0 Å². The summed E-state index contributed by atoms with van der Waals surface area (Å²) in [5.74, 6) is 0.720. The van der Waals surface area contributed by atoms with Gasteiger partial charge in [0.15, 0.2) is 0 Å². The van der Waals surface area contributed by atoms with Crippen molar-refractivity contribution < 1.29 is 0 Å². The van der Waals surface area contributed by atoms with Crippen molar-refractivity contribution in [1.29, 1.82) is 0 Å². The molecule has 0 aromatic rings. The Morgan fingerprint density at radius 3 is 2.00 bits per heavy atom. The van der Waals surface area contributed by atoms with Crippen LogP contribution in [-0.2, 0) is 0 Å². The molecule has 2 fully saturated rings. The van der Waals surface area contributed by atoms with Gasteiger partial charge in [0.1, 0.15) is 0 Å². The first kappa shape index (κ1) is 2.99. The van der Waals surface area contributed by atoms with Gasteiger partial charge in [-0.05, 0) is 12.3 Å². The fraction of sp³-hybridized carbons (Fsp3) is 1.00. The maximum Gasteiger partial charge on any atom is 0.0360 e. The topological polar surface area (TPSA) is 52.0 Å². The van der Waals surface area contributed by atoms with E-state index in [1.165, 1.54) is 6.42 Å². The minimum Gasteiger partial charge on any atom is -0.326 e. The summed E-state index contributed by atoms with van der Waals surface area (Å²) < 4.78 is 0. The van der Waals surface area contributed by atoms with E-state index in [-0.39, 0.29) is 5.54 Å². The molecule has 2 aliphatic carbocycles. The predicted octanol–water partition coefficient (Wildman–Crippen LogP) is -0.955. The Kier molecular flexibility index (Phi) is 0.226. The van der Waals surface area contributed by atoms with Gasteiger partial charge in [-0.15, -0.1) is 0 Å². The molecule has 3 unspecified atom stereocenters. The molecular formula is C4H8N2. The number of nitrogens with two attached hydrogens (primary N) is 2. The Balaban J connectivity index is 2.23. The quantitative estimate of drug-likeness (QED) is 0.397. The molecule has 0 aromatic carbocycles. The summed E-state index contributed by atoms with van der Waals surface area (Å²) in [5.41, 5.74) is 11.1. The second-order valence-electron chi connectivity index (χ2n) is 2.45. The van der Waals surface area contributed by atoms with E-state index in [1.54, 1.807) is 0 Å². The van der Waals surface area contributed by atoms with Crippen molar-refractivity contribution in [2.24, 2.45) is 17.4 Å². The molecule has 0 spiro atoms. The smallest absolute Gasteiger partial charge is 0.0360 e. The summed E-state index contributed by atoms with van der Waals surface area (Å²) in [6, 6.07) is 0.373. The Morgan fingerprint density at radius 1 is 1.67 bits per heavy atom. The SMILES string of the molecule is NC1C2CC12N. The maximum absolute atomic E-state index is 5.56. The van der Waals surface area contributed by atoms with E-state index < -0.39 is 0 Å². The van der Waals surface area contributed by atoms with Gasteiger partial charge in [0.2, 0.25) is 0 Å². The molecule has 6 heavy (non-hydrogen) atoms. The van der Waals surface area contributed by atoms with Crippen LogP contribution in [-0.4, -0.2) is 11.6 Å². The Morgan fingerprint density at radius 2 is 2.00 bits per heavy atom. The third-order valence-corrected chi connectivity index (χ3v) is 2.05. The zero-order valence-corrected chi connectivity index (χ0v) is 3.52. The number of hydrogen-bond donors (Lipinski definition) is 2. The molecule has 2 heteroatoms. The Labute approximate surface area is 36.5 Å². The summed E-state index contributed by atoms with van der Waals surface area (Å²) in [5, 5.41) is 0. The minimum absolute atomic E-state index is 0.153. The van der Waals surface area contributed by atoms with Crippen molar-refractivity contribution in [3.63, 3.8) is 0 Å². The zero-order valence-electron chi connectivity index (χ0n) is 3.52. The molecule has 3 atom stereocenters. The van der Waals surface area contributed by atoms with Gasteiger partial charge >= 0.3 is 0 Å². The molecule has 34 valence electrons. The van der Waals surface area contributed by atoms with E-state index >= 15 is 0 Å². The van der Waals surface area contributed by atoms with Crippen molar-refractivity contribution in [2.45, 2.75) is 18.0 Å². The summed E-state index contributed by atoms with van der Waals surface area (Å²) in [7, 11) is 0. The van der Waals surface area contributed by atoms with Crippen LogP contribution in [0.4, 0.5) is 0 Å². The van der Waals surface area contributed by atoms with E-state index in [4.69, 9.17) is 11.5 Å². The normalized spacial score (nSPS) is 73.0. The first-order valence-electron chi connectivity index (χ1n) is 2.29. The monoisotopic (exact) mass is 84.1 g/mol. The van der Waals surface area contributed by atoms with Crippen molar-refractivity contribution >= 4 is 0 Å². The molecule has 4 N–H and O–H groups in total. The van der Waals surface area contributed by atoms with Gasteiger partial charge in [0, 0.05) is 11.6 Å². The van der Waals surface area contributed by atoms with Crippen LogP contribution in [0.1, 0.15) is 6.42 Å². The Hall–Kier alpha value is -0.0800. The number of fused-ring (bicyclic) bond motifs is 1. The highest BCUT2D eigenvalue weighted by Gasteiger charge is 2.75. The van der Waals surface area contributed by atoms with Crippen LogP contribution in [0, 0.1) is 5.92 Å². The molecule has 0 aliphatic heterocycles. The molecule has 0 amide bonds. The van der Waals surface area contributed by atoms with Crippen LogP contribution in [0.25, 0.3) is 0 Å². The second-order valence-corrected chi connectivity index (χ2v) is 2.45. The average Bonchev–Trinajstić information content (AvgIpc) is 2.24. The summed E-state index contributed by atoms with van der Waals surface area (Å²) in [6.07, 6.45) is 1.19. The predicted molar refractivity (Wildman–Crippen MR) is 23.0 cm³/mol. The van der Waals surface area contributed by atoms with Gasteiger partial charge in [-0.25, -0.2) is 0 Å². The molecule has 2 saturated carbocycles. The lowest BCUT2D eigenvalue weighted by molar-refractivity contribution is 0.690. The van der Waals surface area contributed by atoms with Crippen LogP contribution in [0.15, 0.2) is 0 Å². The molecule has 0 bridgehead atoms. The van der Waals surface area contributed by atoms with E-state index in [0.29, 0.717) is 6.04 Å². The van der Waals surface area contributed by atoms with Gasteiger partial charge in [0.05, 0.1) is 0 Å². The van der Waals surface area contributed by atoms with E-state index in [9.17, 15) is 0 Å². The van der Waals surface area contributed by atoms with Gasteiger partial charge in [-0.2, -0.15) is 0 Å². The van der Waals surface area contributed by atoms with Crippen molar-refractivity contribution in [3.8, 4) is 0 Å². The first-order chi connectivity index (χ1) is 2.75. The highest BCUT2D eigenvalue weighted by molar-refractivity contribution is 5.35. The minimum atomic E-state index is 0.153. The maximum atomic E-state index is 5.56. The van der Waals surface area contributed by atoms with Crippen LogP contribution in [0.2, 0.25) is 0 Å². The third-order valence-electron chi connectivity index (χ3n) is 2.05. The zero-order chi connectivity index (χ0) is 4.36. The second kappa shape index (κ2) is 0.453. The van der Waals surface area contributed by atoms with Gasteiger partial charge in [-0.3, -0.25) is 0 Å². The van der Waals surface area contributed by atoms with Crippen molar-refractivity contribution in [3.05, 3.63) is 0 Å². The molecule has 2 nitrogen and oxygen atoms in total. The van der Waals surface area contributed by atoms with Crippen LogP contribution in [0.3, 0.4) is 0 Å². The molecule has 2 rings (SSSR count). The lowest BCUT2D eigenvalue weighted by Gasteiger charge is -1.94. The molecule has 0 aromatic heterocycles. The summed E-state index contributed by atoms with van der Waals surface area (Å²) in [4.78, 5) is 0. The molecule has 0 saturated heterocycles. The van der Waals surface area contributed by atoms with Gasteiger partial charge in [0.25, 0.3) is 0 Å². The van der Waals surface area contributed by atoms with E-state index in [2.05, 4.69) is 0 Å². The lowest BCUT2D eigenvalue weighted by Crippen LogP contribution is -2.26. The summed E-state index contributed by atoms with van der Waals surface area (Å²) in [6.45, 7) is 0. The molecule has 2 aliphatic rings.